The predicted molar refractivity (Wildman–Crippen MR) is 126 cm³/mol. The van der Waals surface area contributed by atoms with E-state index in [2.05, 4.69) is 5.18 Å². The maximum Gasteiger partial charge on any atom is 0.416 e. The van der Waals surface area contributed by atoms with Crippen LogP contribution in [0.1, 0.15) is 16.7 Å². The van der Waals surface area contributed by atoms with Crippen LogP contribution < -0.4 is 4.74 Å². The molecular weight excluding hydrogens is 467 g/mol. The van der Waals surface area contributed by atoms with E-state index in [1.165, 1.54) is 29.5 Å². The molecule has 1 heterocycles. The van der Waals surface area contributed by atoms with Gasteiger partial charge in [-0.25, -0.2) is 4.79 Å². The van der Waals surface area contributed by atoms with Crippen molar-refractivity contribution in [3.8, 4) is 21.9 Å². The van der Waals surface area contributed by atoms with Gasteiger partial charge < -0.3 is 9.84 Å². The number of carboxylic acid groups (broad SMARTS) is 1. The molecule has 0 unspecified atom stereocenters. The van der Waals surface area contributed by atoms with Crippen molar-refractivity contribution < 1.29 is 27.8 Å². The number of halogens is 3. The lowest BCUT2D eigenvalue weighted by atomic mass is 10.0. The number of nitrogens with zero attached hydrogens (tertiary/aromatic N) is 1. The Morgan fingerprint density at radius 3 is 2.41 bits per heavy atom. The molecule has 3 aromatic carbocycles. The molecule has 4 aromatic rings. The molecule has 0 spiro atoms. The first-order valence-corrected chi connectivity index (χ1v) is 10.7. The summed E-state index contributed by atoms with van der Waals surface area (Å²) in [6.45, 7) is 1.60. The summed E-state index contributed by atoms with van der Waals surface area (Å²) >= 11 is 1.29. The number of ether oxygens (including phenoxy) is 1. The third-order valence-corrected chi connectivity index (χ3v) is 6.22. The molecule has 0 saturated heterocycles. The third kappa shape index (κ3) is 4.84. The lowest BCUT2D eigenvalue weighted by molar-refractivity contribution is -0.137. The van der Waals surface area contributed by atoms with Gasteiger partial charge in [0.05, 0.1) is 10.4 Å². The van der Waals surface area contributed by atoms with Crippen LogP contribution in [-0.2, 0) is 11.0 Å². The quantitative estimate of drug-likeness (QED) is 0.222. The summed E-state index contributed by atoms with van der Waals surface area (Å²) in [6, 6.07) is 15.0. The Morgan fingerprint density at radius 2 is 1.79 bits per heavy atom. The molecule has 1 N–H and O–H groups in total. The van der Waals surface area contributed by atoms with Crippen LogP contribution in [0.25, 0.3) is 26.6 Å². The zero-order valence-electron chi connectivity index (χ0n) is 17.6. The van der Waals surface area contributed by atoms with E-state index in [4.69, 9.17) is 9.84 Å². The number of hydrogen-bond acceptors (Lipinski definition) is 5. The molecule has 0 atom stereocenters. The van der Waals surface area contributed by atoms with Gasteiger partial charge >= 0.3 is 12.1 Å². The third-order valence-electron chi connectivity index (χ3n) is 5.05. The van der Waals surface area contributed by atoms with Crippen molar-refractivity contribution in [1.29, 1.82) is 0 Å². The topological polar surface area (TPSA) is 76.0 Å². The van der Waals surface area contributed by atoms with Crippen LogP contribution in [0, 0.1) is 11.8 Å². The fraction of sp³-hybridized carbons (Fsp3) is 0.0800. The van der Waals surface area contributed by atoms with Crippen molar-refractivity contribution in [3.63, 3.8) is 0 Å². The van der Waals surface area contributed by atoms with Crippen LogP contribution >= 0.6 is 11.3 Å². The minimum atomic E-state index is -4.45. The molecular formula is C25H16F3NO4S. The molecule has 0 amide bonds. The molecule has 0 bridgehead atoms. The fourth-order valence-electron chi connectivity index (χ4n) is 3.42. The first-order chi connectivity index (χ1) is 16.2. The molecule has 172 valence electrons. The van der Waals surface area contributed by atoms with E-state index in [-0.39, 0.29) is 5.69 Å². The number of rotatable bonds is 6. The number of alkyl halides is 3. The zero-order valence-corrected chi connectivity index (χ0v) is 18.4. The summed E-state index contributed by atoms with van der Waals surface area (Å²) in [7, 11) is 0. The van der Waals surface area contributed by atoms with Gasteiger partial charge in [-0.2, -0.15) is 13.2 Å². The van der Waals surface area contributed by atoms with Gasteiger partial charge in [-0.05, 0) is 77.3 Å². The fourth-order valence-corrected chi connectivity index (χ4v) is 4.68. The molecule has 0 radical (unpaired) electrons. The van der Waals surface area contributed by atoms with Crippen LogP contribution in [0.3, 0.4) is 0 Å². The molecule has 1 aromatic heterocycles. The maximum atomic E-state index is 13.2. The first-order valence-electron chi connectivity index (χ1n) is 9.93. The van der Waals surface area contributed by atoms with Gasteiger partial charge in [0, 0.05) is 16.2 Å². The molecule has 0 aliphatic rings. The second-order valence-electron chi connectivity index (χ2n) is 7.40. The Labute approximate surface area is 195 Å². The summed E-state index contributed by atoms with van der Waals surface area (Å²) in [5.41, 5.74) is 1.14. The Hall–Kier alpha value is -3.98. The summed E-state index contributed by atoms with van der Waals surface area (Å²) < 4.78 is 46.3. The van der Waals surface area contributed by atoms with Crippen LogP contribution in [0.2, 0.25) is 0 Å². The number of thiophene rings is 1. The van der Waals surface area contributed by atoms with E-state index in [1.807, 2.05) is 0 Å². The Balaban J connectivity index is 1.80. The largest absolute Gasteiger partial charge is 0.478 e. The van der Waals surface area contributed by atoms with Crippen molar-refractivity contribution in [3.05, 3.63) is 88.3 Å². The predicted octanol–water partition coefficient (Wildman–Crippen LogP) is 8.18. The Morgan fingerprint density at radius 1 is 1.06 bits per heavy atom. The average molecular weight is 483 g/mol. The second kappa shape index (κ2) is 9.11. The van der Waals surface area contributed by atoms with Crippen molar-refractivity contribution in [2.75, 3.05) is 0 Å². The van der Waals surface area contributed by atoms with Gasteiger partial charge in [0.1, 0.15) is 11.4 Å². The van der Waals surface area contributed by atoms with Gasteiger partial charge in [-0.3, -0.25) is 0 Å². The standard InChI is InChI=1S/C25H16F3NO4S/c1-14-12-16(25(26,27)28)5-9-19(14)24-23(20-10-6-17(29-32)13-21(20)34-24)33-18-7-2-15(3-8-18)4-11-22(30)31/h2-13H,1H3,(H,30,31). The van der Waals surface area contributed by atoms with E-state index < -0.39 is 17.7 Å². The summed E-state index contributed by atoms with van der Waals surface area (Å²) in [5.74, 6) is -0.171. The molecule has 0 aliphatic carbocycles. The molecule has 5 nitrogen and oxygen atoms in total. The van der Waals surface area contributed by atoms with Crippen molar-refractivity contribution >= 4 is 39.2 Å². The lowest BCUT2D eigenvalue weighted by Gasteiger charge is -2.12. The molecule has 0 saturated carbocycles. The van der Waals surface area contributed by atoms with Crippen LogP contribution in [0.4, 0.5) is 18.9 Å². The van der Waals surface area contributed by atoms with Gasteiger partial charge in [-0.15, -0.1) is 16.2 Å². The van der Waals surface area contributed by atoms with Gasteiger partial charge in [0.15, 0.2) is 5.75 Å². The Bertz CT molecular complexity index is 1420. The number of hydrogen-bond donors (Lipinski definition) is 1. The van der Waals surface area contributed by atoms with E-state index in [9.17, 15) is 22.9 Å². The van der Waals surface area contributed by atoms with E-state index in [1.54, 1.807) is 43.3 Å². The first kappa shape index (κ1) is 23.2. The number of benzene rings is 3. The number of aliphatic carboxylic acids is 1. The minimum absolute atomic E-state index is 0.227. The summed E-state index contributed by atoms with van der Waals surface area (Å²) in [5, 5.41) is 12.4. The normalized spacial score (nSPS) is 11.8. The molecule has 0 aliphatic heterocycles. The number of nitroso groups, excluding NO2 is 1. The summed E-state index contributed by atoms with van der Waals surface area (Å²) in [4.78, 5) is 22.3. The van der Waals surface area contributed by atoms with Gasteiger partial charge in [0.2, 0.25) is 0 Å². The number of aryl methyl sites for hydroxylation is 1. The number of fused-ring (bicyclic) bond motifs is 1. The second-order valence-corrected chi connectivity index (χ2v) is 8.45. The molecule has 34 heavy (non-hydrogen) atoms. The van der Waals surface area contributed by atoms with Gasteiger partial charge in [-0.1, -0.05) is 18.2 Å². The van der Waals surface area contributed by atoms with Crippen molar-refractivity contribution in [2.24, 2.45) is 5.18 Å². The van der Waals surface area contributed by atoms with Crippen LogP contribution in [-0.4, -0.2) is 11.1 Å². The van der Waals surface area contributed by atoms with Crippen LogP contribution in [0.15, 0.2) is 71.9 Å². The maximum absolute atomic E-state index is 13.2. The summed E-state index contributed by atoms with van der Waals surface area (Å²) in [6.07, 6.45) is -1.99. The van der Waals surface area contributed by atoms with Crippen molar-refractivity contribution in [2.45, 2.75) is 13.1 Å². The highest BCUT2D eigenvalue weighted by atomic mass is 32.1. The van der Waals surface area contributed by atoms with Crippen LogP contribution in [0.5, 0.6) is 11.5 Å². The minimum Gasteiger partial charge on any atom is -0.478 e. The number of carbonyl (C=O) groups is 1. The highest BCUT2D eigenvalue weighted by molar-refractivity contribution is 7.22. The highest BCUT2D eigenvalue weighted by Crippen LogP contribution is 2.48. The van der Waals surface area contributed by atoms with Crippen molar-refractivity contribution in [1.82, 2.24) is 0 Å². The SMILES string of the molecule is Cc1cc(C(F)(F)F)ccc1-c1sc2cc(N=O)ccc2c1Oc1ccc(C=CC(=O)O)cc1. The monoisotopic (exact) mass is 483 g/mol. The molecule has 0 fully saturated rings. The molecule has 9 heteroatoms. The molecule has 4 rings (SSSR count). The number of carboxylic acids is 1. The lowest BCUT2D eigenvalue weighted by Crippen LogP contribution is -2.05. The van der Waals surface area contributed by atoms with Gasteiger partial charge in [0.25, 0.3) is 0 Å². The Kier molecular flexibility index (Phi) is 6.21. The zero-order chi connectivity index (χ0) is 24.5. The average Bonchev–Trinajstić information content (AvgIpc) is 3.15. The smallest absolute Gasteiger partial charge is 0.416 e. The van der Waals surface area contributed by atoms with E-state index in [0.717, 1.165) is 18.2 Å². The van der Waals surface area contributed by atoms with E-state index >= 15 is 0 Å². The van der Waals surface area contributed by atoms with E-state index in [0.29, 0.717) is 43.2 Å². The highest BCUT2D eigenvalue weighted by Gasteiger charge is 2.31.